The summed E-state index contributed by atoms with van der Waals surface area (Å²) in [6.45, 7) is 1.79. The Morgan fingerprint density at radius 2 is 1.82 bits per heavy atom. The van der Waals surface area contributed by atoms with E-state index in [1.165, 1.54) is 18.4 Å². The Hall–Kier alpha value is -2.27. The van der Waals surface area contributed by atoms with Crippen LogP contribution in [0.25, 0.3) is 0 Å². The van der Waals surface area contributed by atoms with Gasteiger partial charge in [-0.25, -0.2) is 0 Å². The number of phenolic OH excluding ortho intramolecular Hbond substituents is 1. The number of hydrogen-bond donors (Lipinski definition) is 1. The molecule has 1 aromatic carbocycles. The number of benzene rings is 1. The number of pyridine rings is 1. The highest BCUT2D eigenvalue weighted by Gasteiger charge is 2.30. The second kappa shape index (κ2) is 5.50. The van der Waals surface area contributed by atoms with Gasteiger partial charge in [0.05, 0.1) is 0 Å². The van der Waals surface area contributed by atoms with Crippen LogP contribution in [0.3, 0.4) is 0 Å². The number of aromatic hydroxyl groups is 1. The van der Waals surface area contributed by atoms with E-state index in [1.54, 1.807) is 6.07 Å². The molecule has 0 unspecified atom stereocenters. The number of nitrogens with zero attached hydrogens (tertiary/aromatic N) is 2. The molecule has 1 aliphatic carbocycles. The van der Waals surface area contributed by atoms with Crippen molar-refractivity contribution in [2.45, 2.75) is 32.0 Å². The highest BCUT2D eigenvalue weighted by molar-refractivity contribution is 5.51. The molecule has 0 spiro atoms. The zero-order chi connectivity index (χ0) is 14.9. The zero-order valence-corrected chi connectivity index (χ0v) is 12.2. The van der Waals surface area contributed by atoms with E-state index in [1.807, 2.05) is 30.6 Å². The first-order chi connectivity index (χ1) is 10.8. The molecule has 1 aliphatic heterocycles. The van der Waals surface area contributed by atoms with Gasteiger partial charge in [-0.15, -0.1) is 0 Å². The third-order valence-electron chi connectivity index (χ3n) is 4.15. The predicted molar refractivity (Wildman–Crippen MR) is 80.7 cm³/mol. The van der Waals surface area contributed by atoms with Gasteiger partial charge in [-0.2, -0.15) is 0 Å². The first-order valence-electron chi connectivity index (χ1n) is 7.54. The van der Waals surface area contributed by atoms with Crippen molar-refractivity contribution in [3.63, 3.8) is 0 Å². The number of fused-ring (bicyclic) bond motifs is 1. The summed E-state index contributed by atoms with van der Waals surface area (Å²) >= 11 is 0. The first kappa shape index (κ1) is 13.4. The molecule has 2 aliphatic rings. The van der Waals surface area contributed by atoms with Crippen molar-refractivity contribution in [2.75, 3.05) is 6.79 Å². The fraction of sp³-hybridized carbons (Fsp3) is 0.353. The quantitative estimate of drug-likeness (QED) is 0.919. The van der Waals surface area contributed by atoms with E-state index >= 15 is 0 Å². The summed E-state index contributed by atoms with van der Waals surface area (Å²) in [5.74, 6) is 1.60. The number of rotatable bonds is 5. The van der Waals surface area contributed by atoms with Crippen LogP contribution in [-0.2, 0) is 13.1 Å². The molecule has 0 bridgehead atoms. The van der Waals surface area contributed by atoms with Gasteiger partial charge in [-0.3, -0.25) is 9.88 Å². The third kappa shape index (κ3) is 2.72. The van der Waals surface area contributed by atoms with E-state index in [0.717, 1.165) is 12.1 Å². The van der Waals surface area contributed by atoms with Crippen molar-refractivity contribution >= 4 is 0 Å². The second-order valence-electron chi connectivity index (χ2n) is 5.83. The summed E-state index contributed by atoms with van der Waals surface area (Å²) in [4.78, 5) is 6.46. The molecule has 1 saturated carbocycles. The number of hydrogen-bond acceptors (Lipinski definition) is 5. The van der Waals surface area contributed by atoms with Crippen LogP contribution in [0, 0.1) is 0 Å². The summed E-state index contributed by atoms with van der Waals surface area (Å²) in [6.07, 6.45) is 6.07. The molecular formula is C17H18N2O3. The highest BCUT2D eigenvalue weighted by Crippen LogP contribution is 2.39. The standard InChI is InChI=1S/C17H18N2O3/c20-15-8-17-16(21-11-22-17)7-13(15)10-19(14-1-2-14)9-12-3-5-18-6-4-12/h3-8,14,20H,1-2,9-11H2. The third-order valence-corrected chi connectivity index (χ3v) is 4.15. The highest BCUT2D eigenvalue weighted by atomic mass is 16.7. The van der Waals surface area contributed by atoms with Crippen molar-refractivity contribution < 1.29 is 14.6 Å². The molecule has 5 nitrogen and oxygen atoms in total. The van der Waals surface area contributed by atoms with E-state index in [2.05, 4.69) is 9.88 Å². The predicted octanol–water partition coefficient (Wildman–Crippen LogP) is 2.68. The van der Waals surface area contributed by atoms with Crippen LogP contribution in [0.2, 0.25) is 0 Å². The fourth-order valence-electron chi connectivity index (χ4n) is 2.80. The van der Waals surface area contributed by atoms with Crippen LogP contribution in [0.4, 0.5) is 0 Å². The Kier molecular flexibility index (Phi) is 3.35. The van der Waals surface area contributed by atoms with E-state index in [4.69, 9.17) is 9.47 Å². The molecule has 2 aromatic rings. The SMILES string of the molecule is Oc1cc2c(cc1CN(Cc1ccncc1)C1CC1)OCO2. The zero-order valence-electron chi connectivity index (χ0n) is 12.2. The minimum Gasteiger partial charge on any atom is -0.507 e. The lowest BCUT2D eigenvalue weighted by Crippen LogP contribution is -2.25. The van der Waals surface area contributed by atoms with Crippen molar-refractivity contribution in [2.24, 2.45) is 0 Å². The Morgan fingerprint density at radius 3 is 2.55 bits per heavy atom. The minimum absolute atomic E-state index is 0.224. The normalized spacial score (nSPS) is 16.2. The Labute approximate surface area is 129 Å². The maximum Gasteiger partial charge on any atom is 0.231 e. The second-order valence-corrected chi connectivity index (χ2v) is 5.83. The Balaban J connectivity index is 1.55. The topological polar surface area (TPSA) is 54.8 Å². The van der Waals surface area contributed by atoms with Crippen LogP contribution in [0.15, 0.2) is 36.7 Å². The van der Waals surface area contributed by atoms with Gasteiger partial charge in [0.15, 0.2) is 11.5 Å². The smallest absolute Gasteiger partial charge is 0.231 e. The molecule has 0 atom stereocenters. The van der Waals surface area contributed by atoms with Gasteiger partial charge in [-0.05, 0) is 36.6 Å². The van der Waals surface area contributed by atoms with Gasteiger partial charge in [0.2, 0.25) is 6.79 Å². The van der Waals surface area contributed by atoms with Crippen molar-refractivity contribution in [1.29, 1.82) is 0 Å². The maximum atomic E-state index is 10.2. The maximum absolute atomic E-state index is 10.2. The molecule has 2 heterocycles. The average molecular weight is 298 g/mol. The van der Waals surface area contributed by atoms with Crippen molar-refractivity contribution in [1.82, 2.24) is 9.88 Å². The minimum atomic E-state index is 0.224. The van der Waals surface area contributed by atoms with Gasteiger partial charge in [0, 0.05) is 43.2 Å². The summed E-state index contributed by atoms with van der Waals surface area (Å²) < 4.78 is 10.7. The number of aromatic nitrogens is 1. The van der Waals surface area contributed by atoms with E-state index in [-0.39, 0.29) is 12.5 Å². The van der Waals surface area contributed by atoms with Crippen LogP contribution in [0.5, 0.6) is 17.2 Å². The summed E-state index contributed by atoms with van der Waals surface area (Å²) in [5.41, 5.74) is 2.12. The van der Waals surface area contributed by atoms with E-state index in [9.17, 15) is 5.11 Å². The van der Waals surface area contributed by atoms with Crippen LogP contribution >= 0.6 is 0 Å². The Bertz CT molecular complexity index is 671. The van der Waals surface area contributed by atoms with Gasteiger partial charge >= 0.3 is 0 Å². The summed E-state index contributed by atoms with van der Waals surface area (Å²) in [7, 11) is 0. The molecule has 1 aromatic heterocycles. The van der Waals surface area contributed by atoms with Crippen LogP contribution in [-0.4, -0.2) is 27.8 Å². The molecule has 0 radical (unpaired) electrons. The number of ether oxygens (including phenoxy) is 2. The van der Waals surface area contributed by atoms with Crippen molar-refractivity contribution in [3.8, 4) is 17.2 Å². The largest absolute Gasteiger partial charge is 0.507 e. The molecule has 1 fully saturated rings. The molecule has 5 heteroatoms. The van der Waals surface area contributed by atoms with Gasteiger partial charge < -0.3 is 14.6 Å². The van der Waals surface area contributed by atoms with Gasteiger partial charge in [0.25, 0.3) is 0 Å². The summed E-state index contributed by atoms with van der Waals surface area (Å²) in [6, 6.07) is 8.21. The molecule has 22 heavy (non-hydrogen) atoms. The number of phenols is 1. The monoisotopic (exact) mass is 298 g/mol. The molecule has 114 valence electrons. The van der Waals surface area contributed by atoms with Crippen LogP contribution < -0.4 is 9.47 Å². The molecule has 0 saturated heterocycles. The van der Waals surface area contributed by atoms with Crippen LogP contribution in [0.1, 0.15) is 24.0 Å². The average Bonchev–Trinajstić information content (AvgIpc) is 3.28. The molecule has 0 amide bonds. The summed E-state index contributed by atoms with van der Waals surface area (Å²) in [5, 5.41) is 10.2. The fourth-order valence-corrected chi connectivity index (χ4v) is 2.80. The molecule has 4 rings (SSSR count). The van der Waals surface area contributed by atoms with Crippen molar-refractivity contribution in [3.05, 3.63) is 47.8 Å². The van der Waals surface area contributed by atoms with E-state index < -0.39 is 0 Å². The van der Waals surface area contributed by atoms with Gasteiger partial charge in [-0.1, -0.05) is 0 Å². The molecule has 1 N–H and O–H groups in total. The molecular weight excluding hydrogens is 280 g/mol. The first-order valence-corrected chi connectivity index (χ1v) is 7.54. The lowest BCUT2D eigenvalue weighted by Gasteiger charge is -2.22. The lowest BCUT2D eigenvalue weighted by molar-refractivity contribution is 0.173. The Morgan fingerprint density at radius 1 is 1.09 bits per heavy atom. The lowest BCUT2D eigenvalue weighted by atomic mass is 10.1. The van der Waals surface area contributed by atoms with Gasteiger partial charge in [0.1, 0.15) is 5.75 Å². The van der Waals surface area contributed by atoms with E-state index in [0.29, 0.717) is 24.1 Å².